The van der Waals surface area contributed by atoms with Crippen LogP contribution in [0.2, 0.25) is 0 Å². The first-order valence-electron chi connectivity index (χ1n) is 15.3. The van der Waals surface area contributed by atoms with Gasteiger partial charge in [0.1, 0.15) is 0 Å². The molecule has 0 saturated carbocycles. The third-order valence-electron chi connectivity index (χ3n) is 6.93. The fourth-order valence-electron chi connectivity index (χ4n) is 4.82. The van der Waals surface area contributed by atoms with Crippen molar-refractivity contribution in [3.05, 3.63) is 146 Å². The molecular formula is C39H54O2. The molecule has 0 aliphatic carbocycles. The average Bonchev–Trinajstić information content (AvgIpc) is 3.03. The maximum absolute atomic E-state index is 6.80. The molecule has 0 aliphatic heterocycles. The Morgan fingerprint density at radius 3 is 1.39 bits per heavy atom. The lowest BCUT2D eigenvalue weighted by molar-refractivity contribution is -0.0344. The maximum Gasteiger partial charge on any atom is 0.0716 e. The van der Waals surface area contributed by atoms with Crippen LogP contribution < -0.4 is 0 Å². The van der Waals surface area contributed by atoms with E-state index in [-0.39, 0.29) is 24.0 Å². The Hall–Kier alpha value is -3.20. The molecule has 0 aromatic heterocycles. The third-order valence-corrected chi connectivity index (χ3v) is 6.93. The lowest BCUT2D eigenvalue weighted by Gasteiger charge is -2.33. The summed E-state index contributed by atoms with van der Waals surface area (Å²) < 4.78 is 12.3. The molecule has 0 N–H and O–H groups in total. The van der Waals surface area contributed by atoms with Crippen molar-refractivity contribution in [2.24, 2.45) is 0 Å². The molecule has 0 amide bonds. The Balaban J connectivity index is 0.000000500. The van der Waals surface area contributed by atoms with Crippen LogP contribution in [0.1, 0.15) is 87.8 Å². The molecule has 3 aromatic carbocycles. The molecule has 3 aromatic rings. The highest BCUT2D eigenvalue weighted by molar-refractivity contribution is 5.26. The topological polar surface area (TPSA) is 18.5 Å². The first-order valence-corrected chi connectivity index (χ1v) is 15.3. The SMILES string of the molecule is C=C.C=CC(c1ccccc1)C(CCC)OC(CCC)C(C=C)c1ccccc1.CCCCOCc1ccccc1. The number of ether oxygens (including phenoxy) is 2. The first kappa shape index (κ1) is 35.8. The van der Waals surface area contributed by atoms with Crippen LogP contribution in [-0.2, 0) is 16.1 Å². The van der Waals surface area contributed by atoms with Gasteiger partial charge < -0.3 is 9.47 Å². The van der Waals surface area contributed by atoms with Crippen molar-refractivity contribution in [2.45, 2.75) is 89.9 Å². The van der Waals surface area contributed by atoms with Gasteiger partial charge in [0.05, 0.1) is 18.8 Å². The van der Waals surface area contributed by atoms with Gasteiger partial charge in [0.2, 0.25) is 0 Å². The van der Waals surface area contributed by atoms with Crippen molar-refractivity contribution in [3.63, 3.8) is 0 Å². The summed E-state index contributed by atoms with van der Waals surface area (Å²) in [6.07, 6.45) is 10.9. The van der Waals surface area contributed by atoms with Crippen LogP contribution in [0.5, 0.6) is 0 Å². The molecule has 0 saturated heterocycles. The van der Waals surface area contributed by atoms with Crippen molar-refractivity contribution in [3.8, 4) is 0 Å². The van der Waals surface area contributed by atoms with Gasteiger partial charge in [-0.1, -0.05) is 143 Å². The van der Waals surface area contributed by atoms with Gasteiger partial charge in [-0.2, -0.15) is 0 Å². The summed E-state index contributed by atoms with van der Waals surface area (Å²) in [6, 6.07) is 31.5. The Morgan fingerprint density at radius 1 is 0.610 bits per heavy atom. The Labute approximate surface area is 251 Å². The zero-order valence-electron chi connectivity index (χ0n) is 25.9. The Bertz CT molecular complexity index is 956. The molecular weight excluding hydrogens is 500 g/mol. The minimum Gasteiger partial charge on any atom is -0.377 e. The van der Waals surface area contributed by atoms with Gasteiger partial charge in [-0.05, 0) is 36.0 Å². The standard InChI is InChI=1S/C26H34O.C11H16O.C2H4/c1-5-15-25(23(7-3)21-17-11-9-12-18-21)27-26(16-6-2)24(8-4)22-19-13-10-14-20-22;1-2-3-9-12-10-11-7-5-4-6-8-11;1-2/h7-14,17-20,23-26H,3-6,15-16H2,1-2H3;4-8H,2-3,9-10H2,1H3;1-2H2. The van der Waals surface area contributed by atoms with Crippen LogP contribution in [-0.4, -0.2) is 18.8 Å². The number of hydrogen-bond acceptors (Lipinski definition) is 2. The zero-order chi connectivity index (χ0) is 30.1. The molecule has 0 spiro atoms. The Morgan fingerprint density at radius 2 is 1.02 bits per heavy atom. The minimum absolute atomic E-state index is 0.123. The first-order chi connectivity index (χ1) is 20.2. The fraction of sp³-hybridized carbons (Fsp3) is 0.385. The number of rotatable bonds is 17. The molecule has 222 valence electrons. The third kappa shape index (κ3) is 13.8. The van der Waals surface area contributed by atoms with E-state index in [0.29, 0.717) is 0 Å². The monoisotopic (exact) mass is 554 g/mol. The summed E-state index contributed by atoms with van der Waals surface area (Å²) in [5, 5.41) is 0. The molecule has 2 nitrogen and oxygen atoms in total. The summed E-state index contributed by atoms with van der Waals surface area (Å²) in [7, 11) is 0. The average molecular weight is 555 g/mol. The minimum atomic E-state index is 0.123. The van der Waals surface area contributed by atoms with Gasteiger partial charge in [0.25, 0.3) is 0 Å². The molecule has 0 heterocycles. The summed E-state index contributed by atoms with van der Waals surface area (Å²) in [5.74, 6) is 0.401. The van der Waals surface area contributed by atoms with Gasteiger partial charge in [0, 0.05) is 18.4 Å². The highest BCUT2D eigenvalue weighted by Crippen LogP contribution is 2.33. The van der Waals surface area contributed by atoms with Crippen LogP contribution in [0.15, 0.2) is 129 Å². The smallest absolute Gasteiger partial charge is 0.0716 e. The summed E-state index contributed by atoms with van der Waals surface area (Å²) in [6.45, 7) is 22.5. The fourth-order valence-corrected chi connectivity index (χ4v) is 4.82. The van der Waals surface area contributed by atoms with E-state index >= 15 is 0 Å². The normalized spacial score (nSPS) is 13.2. The van der Waals surface area contributed by atoms with E-state index in [4.69, 9.17) is 9.47 Å². The van der Waals surface area contributed by atoms with Gasteiger partial charge in [-0.3, -0.25) is 0 Å². The van der Waals surface area contributed by atoms with Crippen molar-refractivity contribution in [1.29, 1.82) is 0 Å². The predicted molar refractivity (Wildman–Crippen MR) is 179 cm³/mol. The van der Waals surface area contributed by atoms with Crippen LogP contribution in [0.3, 0.4) is 0 Å². The highest BCUT2D eigenvalue weighted by Gasteiger charge is 2.28. The molecule has 41 heavy (non-hydrogen) atoms. The quantitative estimate of drug-likeness (QED) is 0.122. The summed E-state index contributed by atoms with van der Waals surface area (Å²) in [4.78, 5) is 0. The molecule has 0 fully saturated rings. The molecule has 3 rings (SSSR count). The van der Waals surface area contributed by atoms with E-state index in [9.17, 15) is 0 Å². The highest BCUT2D eigenvalue weighted by atomic mass is 16.5. The van der Waals surface area contributed by atoms with Crippen molar-refractivity contribution in [1.82, 2.24) is 0 Å². The van der Waals surface area contributed by atoms with Crippen LogP contribution in [0.4, 0.5) is 0 Å². The van der Waals surface area contributed by atoms with Crippen molar-refractivity contribution < 1.29 is 9.47 Å². The van der Waals surface area contributed by atoms with Gasteiger partial charge in [-0.15, -0.1) is 26.3 Å². The summed E-state index contributed by atoms with van der Waals surface area (Å²) >= 11 is 0. The van der Waals surface area contributed by atoms with E-state index in [1.54, 1.807) is 0 Å². The second kappa shape index (κ2) is 23.5. The zero-order valence-corrected chi connectivity index (χ0v) is 25.9. The second-order valence-corrected chi connectivity index (χ2v) is 10.0. The number of unbranched alkanes of at least 4 members (excludes halogenated alkanes) is 1. The van der Waals surface area contributed by atoms with Gasteiger partial charge in [0.15, 0.2) is 0 Å². The van der Waals surface area contributed by atoms with E-state index in [0.717, 1.165) is 45.3 Å². The van der Waals surface area contributed by atoms with Crippen LogP contribution in [0, 0.1) is 0 Å². The lowest BCUT2D eigenvalue weighted by atomic mass is 9.88. The van der Waals surface area contributed by atoms with E-state index < -0.39 is 0 Å². The van der Waals surface area contributed by atoms with E-state index in [1.807, 2.05) is 30.4 Å². The molecule has 0 radical (unpaired) electrons. The second-order valence-electron chi connectivity index (χ2n) is 10.0. The maximum atomic E-state index is 6.80. The predicted octanol–water partition coefficient (Wildman–Crippen LogP) is 11.1. The lowest BCUT2D eigenvalue weighted by Crippen LogP contribution is -2.31. The molecule has 0 aliphatic rings. The molecule has 4 atom stereocenters. The van der Waals surface area contributed by atoms with Crippen molar-refractivity contribution >= 4 is 0 Å². The molecule has 0 bridgehead atoms. The summed E-state index contributed by atoms with van der Waals surface area (Å²) in [5.41, 5.74) is 3.81. The van der Waals surface area contributed by atoms with E-state index in [1.165, 1.54) is 23.1 Å². The van der Waals surface area contributed by atoms with Crippen LogP contribution in [0.25, 0.3) is 0 Å². The van der Waals surface area contributed by atoms with E-state index in [2.05, 4.69) is 120 Å². The molecule has 4 unspecified atom stereocenters. The molecule has 2 heteroatoms. The van der Waals surface area contributed by atoms with Gasteiger partial charge >= 0.3 is 0 Å². The number of benzene rings is 3. The van der Waals surface area contributed by atoms with Crippen LogP contribution >= 0.6 is 0 Å². The Kier molecular flexibility index (Phi) is 20.5. The van der Waals surface area contributed by atoms with Crippen molar-refractivity contribution in [2.75, 3.05) is 6.61 Å². The van der Waals surface area contributed by atoms with Gasteiger partial charge in [-0.25, -0.2) is 0 Å². The number of hydrogen-bond donors (Lipinski definition) is 0. The largest absolute Gasteiger partial charge is 0.377 e.